The summed E-state index contributed by atoms with van der Waals surface area (Å²) in [5.41, 5.74) is 1.09. The van der Waals surface area contributed by atoms with Gasteiger partial charge in [-0.3, -0.25) is 0 Å². The molecule has 0 aliphatic rings. The van der Waals surface area contributed by atoms with Crippen LogP contribution in [0.4, 0.5) is 0 Å². The maximum Gasteiger partial charge on any atom is 0.133 e. The summed E-state index contributed by atoms with van der Waals surface area (Å²) in [6.07, 6.45) is 0.805. The first kappa shape index (κ1) is 16.3. The lowest BCUT2D eigenvalue weighted by Gasteiger charge is -2.12. The maximum absolute atomic E-state index is 5.57. The molecule has 5 heteroatoms. The summed E-state index contributed by atoms with van der Waals surface area (Å²) in [7, 11) is 3.33. The number of rotatable bonds is 9. The Labute approximate surface area is 123 Å². The van der Waals surface area contributed by atoms with Crippen LogP contribution in [-0.4, -0.2) is 40.5 Å². The topological polar surface area (TPSA) is 39.7 Å². The third-order valence-corrected chi connectivity index (χ3v) is 3.36. The number of hydrogen-bond acceptors (Lipinski definition) is 4. The van der Waals surface area contributed by atoms with Gasteiger partial charge < -0.3 is 19.5 Å². The van der Waals surface area contributed by atoms with E-state index in [2.05, 4.69) is 28.2 Å². The van der Waals surface area contributed by atoms with E-state index in [-0.39, 0.29) is 0 Å². The Morgan fingerprint density at radius 2 is 1.84 bits per heavy atom. The number of methoxy groups -OCH3 is 2. The van der Waals surface area contributed by atoms with Crippen LogP contribution in [0.2, 0.25) is 0 Å². The second-order valence-corrected chi connectivity index (χ2v) is 4.87. The molecule has 0 aromatic heterocycles. The van der Waals surface area contributed by atoms with Crippen molar-refractivity contribution in [3.63, 3.8) is 0 Å². The van der Waals surface area contributed by atoms with Crippen molar-refractivity contribution in [2.45, 2.75) is 13.3 Å². The standard InChI is InChI=1S/C14H22BrNO3/c1-4-16-6-8-19-7-5-11-9-14(18-3)12(15)10-13(11)17-2/h9-10,16H,4-8H2,1-3H3. The van der Waals surface area contributed by atoms with E-state index in [1.54, 1.807) is 14.2 Å². The molecule has 19 heavy (non-hydrogen) atoms. The number of halogens is 1. The van der Waals surface area contributed by atoms with Crippen LogP contribution in [0, 0.1) is 0 Å². The summed E-state index contributed by atoms with van der Waals surface area (Å²) in [4.78, 5) is 0. The first-order chi connectivity index (χ1) is 9.22. The predicted molar refractivity (Wildman–Crippen MR) is 80.3 cm³/mol. The third kappa shape index (κ3) is 5.38. The van der Waals surface area contributed by atoms with Crippen LogP contribution in [-0.2, 0) is 11.2 Å². The van der Waals surface area contributed by atoms with E-state index >= 15 is 0 Å². The van der Waals surface area contributed by atoms with E-state index in [0.717, 1.165) is 47.7 Å². The molecule has 1 rings (SSSR count). The molecule has 4 nitrogen and oxygen atoms in total. The largest absolute Gasteiger partial charge is 0.496 e. The van der Waals surface area contributed by atoms with Gasteiger partial charge in [0, 0.05) is 12.1 Å². The zero-order valence-electron chi connectivity index (χ0n) is 11.8. The van der Waals surface area contributed by atoms with Gasteiger partial charge in [-0.15, -0.1) is 0 Å². The summed E-state index contributed by atoms with van der Waals surface area (Å²) < 4.78 is 17.1. The zero-order chi connectivity index (χ0) is 14.1. The number of ether oxygens (including phenoxy) is 3. The molecular weight excluding hydrogens is 310 g/mol. The van der Waals surface area contributed by atoms with E-state index in [4.69, 9.17) is 14.2 Å². The Hall–Kier alpha value is -0.780. The van der Waals surface area contributed by atoms with Gasteiger partial charge in [-0.2, -0.15) is 0 Å². The van der Waals surface area contributed by atoms with Gasteiger partial charge in [-0.1, -0.05) is 6.92 Å². The highest BCUT2D eigenvalue weighted by Crippen LogP contribution is 2.32. The molecule has 0 unspecified atom stereocenters. The quantitative estimate of drug-likeness (QED) is 0.706. The second kappa shape index (κ2) is 9.18. The maximum atomic E-state index is 5.57. The first-order valence-corrected chi connectivity index (χ1v) is 7.21. The van der Waals surface area contributed by atoms with Gasteiger partial charge in [0.15, 0.2) is 0 Å². The Morgan fingerprint density at radius 3 is 2.47 bits per heavy atom. The van der Waals surface area contributed by atoms with Crippen LogP contribution in [0.5, 0.6) is 11.5 Å². The summed E-state index contributed by atoms with van der Waals surface area (Å²) in [5.74, 6) is 1.66. The van der Waals surface area contributed by atoms with Crippen molar-refractivity contribution in [3.8, 4) is 11.5 Å². The average molecular weight is 332 g/mol. The summed E-state index contributed by atoms with van der Waals surface area (Å²) in [5, 5.41) is 3.22. The molecule has 0 aliphatic carbocycles. The highest BCUT2D eigenvalue weighted by Gasteiger charge is 2.09. The van der Waals surface area contributed by atoms with Crippen molar-refractivity contribution < 1.29 is 14.2 Å². The van der Waals surface area contributed by atoms with Gasteiger partial charge in [-0.25, -0.2) is 0 Å². The minimum Gasteiger partial charge on any atom is -0.496 e. The summed E-state index contributed by atoms with van der Waals surface area (Å²) >= 11 is 3.45. The molecule has 1 N–H and O–H groups in total. The van der Waals surface area contributed by atoms with Crippen molar-refractivity contribution in [1.82, 2.24) is 5.32 Å². The molecular formula is C14H22BrNO3. The lowest BCUT2D eigenvalue weighted by molar-refractivity contribution is 0.139. The molecule has 0 fully saturated rings. The summed E-state index contributed by atoms with van der Waals surface area (Å²) in [6.45, 7) is 5.34. The van der Waals surface area contributed by atoms with Crippen LogP contribution in [0.25, 0.3) is 0 Å². The number of hydrogen-bond donors (Lipinski definition) is 1. The van der Waals surface area contributed by atoms with Crippen molar-refractivity contribution in [3.05, 3.63) is 22.2 Å². The Morgan fingerprint density at radius 1 is 1.11 bits per heavy atom. The average Bonchev–Trinajstić information content (AvgIpc) is 2.43. The fourth-order valence-electron chi connectivity index (χ4n) is 1.72. The summed E-state index contributed by atoms with van der Waals surface area (Å²) in [6, 6.07) is 3.91. The van der Waals surface area contributed by atoms with Crippen LogP contribution in [0.1, 0.15) is 12.5 Å². The zero-order valence-corrected chi connectivity index (χ0v) is 13.4. The van der Waals surface area contributed by atoms with Gasteiger partial charge in [0.1, 0.15) is 11.5 Å². The highest BCUT2D eigenvalue weighted by atomic mass is 79.9. The molecule has 1 aromatic rings. The van der Waals surface area contributed by atoms with Crippen molar-refractivity contribution in [2.24, 2.45) is 0 Å². The first-order valence-electron chi connectivity index (χ1n) is 6.41. The fraction of sp³-hybridized carbons (Fsp3) is 0.571. The molecule has 0 amide bonds. The van der Waals surface area contributed by atoms with Gasteiger partial charge >= 0.3 is 0 Å². The van der Waals surface area contributed by atoms with Gasteiger partial charge in [0.05, 0.1) is 31.9 Å². The van der Waals surface area contributed by atoms with Gasteiger partial charge in [0.25, 0.3) is 0 Å². The number of likely N-dealkylation sites (N-methyl/N-ethyl adjacent to an activating group) is 1. The Kier molecular flexibility index (Phi) is 7.86. The molecule has 0 spiro atoms. The van der Waals surface area contributed by atoms with Crippen LogP contribution < -0.4 is 14.8 Å². The fourth-order valence-corrected chi connectivity index (χ4v) is 2.21. The number of benzene rings is 1. The van der Waals surface area contributed by atoms with Crippen molar-refractivity contribution >= 4 is 15.9 Å². The molecule has 108 valence electrons. The van der Waals surface area contributed by atoms with E-state index < -0.39 is 0 Å². The van der Waals surface area contributed by atoms with Crippen LogP contribution in [0.15, 0.2) is 16.6 Å². The van der Waals surface area contributed by atoms with E-state index in [1.807, 2.05) is 12.1 Å². The molecule has 0 radical (unpaired) electrons. The Bertz CT molecular complexity index is 385. The van der Waals surface area contributed by atoms with Gasteiger partial charge in [-0.05, 0) is 41.0 Å². The van der Waals surface area contributed by atoms with E-state index in [9.17, 15) is 0 Å². The monoisotopic (exact) mass is 331 g/mol. The minimum absolute atomic E-state index is 0.673. The molecule has 0 atom stereocenters. The lowest BCUT2D eigenvalue weighted by Crippen LogP contribution is -2.19. The molecule has 0 aliphatic heterocycles. The molecule has 0 heterocycles. The highest BCUT2D eigenvalue weighted by molar-refractivity contribution is 9.10. The predicted octanol–water partition coefficient (Wildman–Crippen LogP) is 2.63. The van der Waals surface area contributed by atoms with Crippen molar-refractivity contribution in [2.75, 3.05) is 40.5 Å². The molecule has 0 bridgehead atoms. The van der Waals surface area contributed by atoms with E-state index in [0.29, 0.717) is 6.61 Å². The molecule has 0 saturated heterocycles. The Balaban J connectivity index is 2.51. The molecule has 0 saturated carbocycles. The van der Waals surface area contributed by atoms with Crippen LogP contribution >= 0.6 is 15.9 Å². The van der Waals surface area contributed by atoms with Crippen molar-refractivity contribution in [1.29, 1.82) is 0 Å². The SMILES string of the molecule is CCNCCOCCc1cc(OC)c(Br)cc1OC. The van der Waals surface area contributed by atoms with E-state index in [1.165, 1.54) is 0 Å². The second-order valence-electron chi connectivity index (χ2n) is 4.01. The lowest BCUT2D eigenvalue weighted by atomic mass is 10.1. The van der Waals surface area contributed by atoms with Crippen LogP contribution in [0.3, 0.4) is 0 Å². The minimum atomic E-state index is 0.673. The smallest absolute Gasteiger partial charge is 0.133 e. The third-order valence-electron chi connectivity index (χ3n) is 2.74. The normalized spacial score (nSPS) is 10.5. The molecule has 1 aromatic carbocycles. The van der Waals surface area contributed by atoms with Gasteiger partial charge in [0.2, 0.25) is 0 Å². The number of nitrogens with one attached hydrogen (secondary N) is 1.